The second kappa shape index (κ2) is 5.24. The molecular formula is C12H16FNO. The van der Waals surface area contributed by atoms with Gasteiger partial charge in [-0.1, -0.05) is 30.3 Å². The van der Waals surface area contributed by atoms with Crippen LogP contribution in [0.3, 0.4) is 0 Å². The van der Waals surface area contributed by atoms with Crippen LogP contribution < -0.4 is 5.32 Å². The van der Waals surface area contributed by atoms with Crippen molar-refractivity contribution < 1.29 is 9.13 Å². The van der Waals surface area contributed by atoms with Crippen LogP contribution >= 0.6 is 0 Å². The number of alkyl halides is 1. The standard InChI is InChI=1S/C12H16FNO/c13-11-8-15-9-12(11)14-7-6-10-4-2-1-3-5-10/h1-5,11-12,14H,6-9H2/t11-,12-/m1/s1. The third-order valence-corrected chi connectivity index (χ3v) is 2.67. The molecular weight excluding hydrogens is 193 g/mol. The van der Waals surface area contributed by atoms with Gasteiger partial charge in [0.2, 0.25) is 0 Å². The second-order valence-electron chi connectivity index (χ2n) is 3.85. The minimum atomic E-state index is -0.847. The molecule has 1 aromatic rings. The third-order valence-electron chi connectivity index (χ3n) is 2.67. The van der Waals surface area contributed by atoms with E-state index in [4.69, 9.17) is 4.74 Å². The first-order valence-electron chi connectivity index (χ1n) is 5.35. The first-order chi connectivity index (χ1) is 7.36. The molecule has 0 aliphatic carbocycles. The Morgan fingerprint density at radius 2 is 2.07 bits per heavy atom. The van der Waals surface area contributed by atoms with Crippen LogP contribution in [0, 0.1) is 0 Å². The van der Waals surface area contributed by atoms with E-state index in [2.05, 4.69) is 17.4 Å². The number of benzene rings is 1. The first-order valence-corrected chi connectivity index (χ1v) is 5.35. The van der Waals surface area contributed by atoms with E-state index in [9.17, 15) is 4.39 Å². The number of rotatable bonds is 4. The number of ether oxygens (including phenoxy) is 1. The molecule has 0 radical (unpaired) electrons. The lowest BCUT2D eigenvalue weighted by Crippen LogP contribution is -2.37. The lowest BCUT2D eigenvalue weighted by atomic mass is 10.1. The number of halogens is 1. The zero-order valence-electron chi connectivity index (χ0n) is 8.66. The van der Waals surface area contributed by atoms with Gasteiger partial charge in [-0.3, -0.25) is 0 Å². The molecule has 15 heavy (non-hydrogen) atoms. The Morgan fingerprint density at radius 1 is 1.27 bits per heavy atom. The second-order valence-corrected chi connectivity index (χ2v) is 3.85. The summed E-state index contributed by atoms with van der Waals surface area (Å²) in [5.74, 6) is 0. The number of hydrogen-bond acceptors (Lipinski definition) is 2. The molecule has 0 spiro atoms. The van der Waals surface area contributed by atoms with E-state index in [0.29, 0.717) is 6.61 Å². The van der Waals surface area contributed by atoms with Crippen molar-refractivity contribution in [2.45, 2.75) is 18.6 Å². The molecule has 3 heteroatoms. The summed E-state index contributed by atoms with van der Waals surface area (Å²) in [4.78, 5) is 0. The molecule has 0 bridgehead atoms. The van der Waals surface area contributed by atoms with Gasteiger partial charge < -0.3 is 10.1 Å². The van der Waals surface area contributed by atoms with Crippen LogP contribution in [0.1, 0.15) is 5.56 Å². The van der Waals surface area contributed by atoms with Crippen molar-refractivity contribution in [3.8, 4) is 0 Å². The Balaban J connectivity index is 1.71. The Labute approximate surface area is 89.4 Å². The maximum Gasteiger partial charge on any atom is 0.141 e. The fraction of sp³-hybridized carbons (Fsp3) is 0.500. The van der Waals surface area contributed by atoms with Gasteiger partial charge in [0.05, 0.1) is 19.3 Å². The van der Waals surface area contributed by atoms with Crippen molar-refractivity contribution >= 4 is 0 Å². The molecule has 1 aromatic carbocycles. The summed E-state index contributed by atoms with van der Waals surface area (Å²) in [6.07, 6.45) is 0.0881. The highest BCUT2D eigenvalue weighted by Gasteiger charge is 2.26. The lowest BCUT2D eigenvalue weighted by molar-refractivity contribution is 0.172. The number of nitrogens with one attached hydrogen (secondary N) is 1. The van der Waals surface area contributed by atoms with Gasteiger partial charge in [0.25, 0.3) is 0 Å². The minimum Gasteiger partial charge on any atom is -0.377 e. The van der Waals surface area contributed by atoms with Crippen molar-refractivity contribution in [2.24, 2.45) is 0 Å². The summed E-state index contributed by atoms with van der Waals surface area (Å²) in [6, 6.07) is 10.1. The van der Waals surface area contributed by atoms with Gasteiger partial charge in [-0.2, -0.15) is 0 Å². The van der Waals surface area contributed by atoms with E-state index in [1.807, 2.05) is 18.2 Å². The molecule has 1 aliphatic heterocycles. The van der Waals surface area contributed by atoms with Crippen LogP contribution in [0.25, 0.3) is 0 Å². The summed E-state index contributed by atoms with van der Waals surface area (Å²) in [6.45, 7) is 1.54. The highest BCUT2D eigenvalue weighted by Crippen LogP contribution is 2.09. The Kier molecular flexibility index (Phi) is 3.69. The van der Waals surface area contributed by atoms with Gasteiger partial charge in [0.1, 0.15) is 6.17 Å². The maximum atomic E-state index is 13.1. The molecule has 1 saturated heterocycles. The van der Waals surface area contributed by atoms with E-state index in [1.165, 1.54) is 5.56 Å². The SMILES string of the molecule is F[C@@H]1COC[C@H]1NCCc1ccccc1. The summed E-state index contributed by atoms with van der Waals surface area (Å²) < 4.78 is 18.2. The van der Waals surface area contributed by atoms with Gasteiger partial charge in [0.15, 0.2) is 0 Å². The zero-order chi connectivity index (χ0) is 10.5. The van der Waals surface area contributed by atoms with E-state index in [-0.39, 0.29) is 12.6 Å². The van der Waals surface area contributed by atoms with Gasteiger partial charge >= 0.3 is 0 Å². The van der Waals surface area contributed by atoms with Crippen molar-refractivity contribution in [1.82, 2.24) is 5.32 Å². The minimum absolute atomic E-state index is 0.117. The van der Waals surface area contributed by atoms with Crippen molar-refractivity contribution in [1.29, 1.82) is 0 Å². The Bertz CT molecular complexity index is 291. The van der Waals surface area contributed by atoms with E-state index < -0.39 is 6.17 Å². The predicted molar refractivity (Wildman–Crippen MR) is 57.7 cm³/mol. The lowest BCUT2D eigenvalue weighted by Gasteiger charge is -2.12. The molecule has 2 nitrogen and oxygen atoms in total. The Morgan fingerprint density at radius 3 is 2.73 bits per heavy atom. The van der Waals surface area contributed by atoms with Gasteiger partial charge in [0, 0.05) is 0 Å². The van der Waals surface area contributed by atoms with Gasteiger partial charge in [-0.05, 0) is 18.5 Å². The molecule has 2 rings (SSSR count). The normalized spacial score (nSPS) is 25.7. The van der Waals surface area contributed by atoms with E-state index >= 15 is 0 Å². The smallest absolute Gasteiger partial charge is 0.141 e. The van der Waals surface area contributed by atoms with Crippen molar-refractivity contribution in [3.05, 3.63) is 35.9 Å². The zero-order valence-corrected chi connectivity index (χ0v) is 8.66. The average molecular weight is 209 g/mol. The molecule has 0 aromatic heterocycles. The third kappa shape index (κ3) is 3.01. The molecule has 0 amide bonds. The largest absolute Gasteiger partial charge is 0.377 e. The Hall–Kier alpha value is -0.930. The van der Waals surface area contributed by atoms with Crippen LogP contribution in [0.2, 0.25) is 0 Å². The number of hydrogen-bond donors (Lipinski definition) is 1. The summed E-state index contributed by atoms with van der Waals surface area (Å²) in [5, 5.41) is 3.18. The van der Waals surface area contributed by atoms with Crippen LogP contribution in [0.4, 0.5) is 4.39 Å². The molecule has 0 saturated carbocycles. The van der Waals surface area contributed by atoms with Crippen molar-refractivity contribution in [3.63, 3.8) is 0 Å². The highest BCUT2D eigenvalue weighted by atomic mass is 19.1. The first kappa shape index (κ1) is 10.6. The van der Waals surface area contributed by atoms with Crippen molar-refractivity contribution in [2.75, 3.05) is 19.8 Å². The monoisotopic (exact) mass is 209 g/mol. The van der Waals surface area contributed by atoms with Crippen LogP contribution in [0.15, 0.2) is 30.3 Å². The average Bonchev–Trinajstić information content (AvgIpc) is 2.66. The van der Waals surface area contributed by atoms with Crippen LogP contribution in [-0.4, -0.2) is 32.0 Å². The molecule has 1 heterocycles. The topological polar surface area (TPSA) is 21.3 Å². The molecule has 1 fully saturated rings. The molecule has 1 aliphatic rings. The van der Waals surface area contributed by atoms with E-state index in [1.54, 1.807) is 0 Å². The van der Waals surface area contributed by atoms with Gasteiger partial charge in [-0.15, -0.1) is 0 Å². The van der Waals surface area contributed by atoms with Crippen LogP contribution in [0.5, 0.6) is 0 Å². The molecule has 0 unspecified atom stereocenters. The maximum absolute atomic E-state index is 13.1. The summed E-state index contributed by atoms with van der Waals surface area (Å²) in [5.41, 5.74) is 1.28. The van der Waals surface area contributed by atoms with Crippen LogP contribution in [-0.2, 0) is 11.2 Å². The summed E-state index contributed by atoms with van der Waals surface area (Å²) >= 11 is 0. The highest BCUT2D eigenvalue weighted by molar-refractivity contribution is 5.14. The quantitative estimate of drug-likeness (QED) is 0.812. The fourth-order valence-electron chi connectivity index (χ4n) is 1.76. The summed E-state index contributed by atoms with van der Waals surface area (Å²) in [7, 11) is 0. The molecule has 1 N–H and O–H groups in total. The predicted octanol–water partition coefficient (Wildman–Crippen LogP) is 1.56. The fourth-order valence-corrected chi connectivity index (χ4v) is 1.76. The van der Waals surface area contributed by atoms with E-state index in [0.717, 1.165) is 13.0 Å². The molecule has 2 atom stereocenters. The molecule has 82 valence electrons. The van der Waals surface area contributed by atoms with Gasteiger partial charge in [-0.25, -0.2) is 4.39 Å².